The Morgan fingerprint density at radius 3 is 2.67 bits per heavy atom. The number of ether oxygens (including phenoxy) is 1. The molecule has 2 rings (SSSR count). The van der Waals surface area contributed by atoms with Crippen molar-refractivity contribution in [3.05, 3.63) is 29.6 Å². The molecule has 0 aliphatic heterocycles. The van der Waals surface area contributed by atoms with Crippen LogP contribution in [0.5, 0.6) is 0 Å². The average molecular weight is 290 g/mol. The van der Waals surface area contributed by atoms with Gasteiger partial charge in [-0.15, -0.1) is 0 Å². The maximum Gasteiger partial charge on any atom is 0.0887 e. The first-order valence-electron chi connectivity index (χ1n) is 8.63. The van der Waals surface area contributed by atoms with Crippen molar-refractivity contribution in [1.82, 2.24) is 10.3 Å². The first-order chi connectivity index (χ1) is 10.4. The van der Waals surface area contributed by atoms with E-state index < -0.39 is 0 Å². The van der Waals surface area contributed by atoms with Gasteiger partial charge in [-0.2, -0.15) is 0 Å². The molecule has 0 amide bonds. The van der Waals surface area contributed by atoms with E-state index in [1.807, 2.05) is 6.20 Å². The molecule has 118 valence electrons. The van der Waals surface area contributed by atoms with Crippen molar-refractivity contribution >= 4 is 0 Å². The van der Waals surface area contributed by atoms with Crippen LogP contribution in [-0.4, -0.2) is 17.6 Å². The van der Waals surface area contributed by atoms with Crippen molar-refractivity contribution in [3.8, 4) is 0 Å². The smallest absolute Gasteiger partial charge is 0.0887 e. The molecule has 0 radical (unpaired) electrons. The molecule has 0 aromatic carbocycles. The topological polar surface area (TPSA) is 34.1 Å². The molecular weight excluding hydrogens is 260 g/mol. The Hall–Kier alpha value is -0.930. The molecule has 3 heteroatoms. The van der Waals surface area contributed by atoms with Gasteiger partial charge in [0.1, 0.15) is 0 Å². The summed E-state index contributed by atoms with van der Waals surface area (Å²) >= 11 is 0. The van der Waals surface area contributed by atoms with Crippen molar-refractivity contribution in [2.24, 2.45) is 0 Å². The Labute approximate surface area is 129 Å². The van der Waals surface area contributed by atoms with Crippen LogP contribution in [0.2, 0.25) is 0 Å². The number of unbranched alkanes of at least 4 members (excludes halogenated alkanes) is 5. The largest absolute Gasteiger partial charge is 0.375 e. The van der Waals surface area contributed by atoms with Crippen molar-refractivity contribution < 1.29 is 4.74 Å². The fourth-order valence-corrected chi connectivity index (χ4v) is 2.36. The summed E-state index contributed by atoms with van der Waals surface area (Å²) < 4.78 is 5.70. The zero-order chi connectivity index (χ0) is 14.8. The van der Waals surface area contributed by atoms with Crippen LogP contribution in [0.25, 0.3) is 0 Å². The van der Waals surface area contributed by atoms with Gasteiger partial charge in [-0.05, 0) is 30.9 Å². The highest BCUT2D eigenvalue weighted by molar-refractivity contribution is 5.13. The van der Waals surface area contributed by atoms with E-state index in [4.69, 9.17) is 4.74 Å². The Morgan fingerprint density at radius 1 is 1.14 bits per heavy atom. The normalized spacial score (nSPS) is 14.5. The van der Waals surface area contributed by atoms with Crippen molar-refractivity contribution in [2.45, 2.75) is 77.5 Å². The first-order valence-corrected chi connectivity index (χ1v) is 8.63. The number of hydrogen-bond donors (Lipinski definition) is 1. The first kappa shape index (κ1) is 16.4. The summed E-state index contributed by atoms with van der Waals surface area (Å²) in [4.78, 5) is 4.47. The summed E-state index contributed by atoms with van der Waals surface area (Å²) in [7, 11) is 0. The van der Waals surface area contributed by atoms with Crippen LogP contribution in [0, 0.1) is 0 Å². The molecule has 1 aromatic heterocycles. The zero-order valence-corrected chi connectivity index (χ0v) is 13.4. The highest BCUT2D eigenvalue weighted by atomic mass is 16.5. The second-order valence-electron chi connectivity index (χ2n) is 6.13. The SMILES string of the molecule is CCCCCCCCOCc1ccc(CNC2CC2)cn1. The molecule has 1 saturated carbocycles. The van der Waals surface area contributed by atoms with Crippen molar-refractivity contribution in [3.63, 3.8) is 0 Å². The summed E-state index contributed by atoms with van der Waals surface area (Å²) in [5.74, 6) is 0. The maximum absolute atomic E-state index is 5.70. The van der Waals surface area contributed by atoms with Gasteiger partial charge in [0.05, 0.1) is 12.3 Å². The van der Waals surface area contributed by atoms with Gasteiger partial charge in [0, 0.05) is 25.4 Å². The van der Waals surface area contributed by atoms with E-state index in [1.54, 1.807) is 0 Å². The summed E-state index contributed by atoms with van der Waals surface area (Å²) in [5, 5.41) is 3.50. The standard InChI is InChI=1S/C18H30N2O/c1-2-3-4-5-6-7-12-21-15-18-9-8-16(14-20-18)13-19-17-10-11-17/h8-9,14,17,19H,2-7,10-13,15H2,1H3. The lowest BCUT2D eigenvalue weighted by atomic mass is 10.1. The predicted molar refractivity (Wildman–Crippen MR) is 87.1 cm³/mol. The highest BCUT2D eigenvalue weighted by Crippen LogP contribution is 2.19. The van der Waals surface area contributed by atoms with Gasteiger partial charge in [-0.3, -0.25) is 4.98 Å². The molecule has 0 atom stereocenters. The number of aromatic nitrogens is 1. The lowest BCUT2D eigenvalue weighted by Crippen LogP contribution is -2.15. The highest BCUT2D eigenvalue weighted by Gasteiger charge is 2.19. The molecule has 21 heavy (non-hydrogen) atoms. The van der Waals surface area contributed by atoms with Crippen LogP contribution in [0.4, 0.5) is 0 Å². The van der Waals surface area contributed by atoms with E-state index in [-0.39, 0.29) is 0 Å². The number of pyridine rings is 1. The Bertz CT molecular complexity index is 373. The molecule has 1 aromatic rings. The third kappa shape index (κ3) is 7.58. The van der Waals surface area contributed by atoms with Gasteiger partial charge < -0.3 is 10.1 Å². The average Bonchev–Trinajstić information content (AvgIpc) is 3.33. The number of hydrogen-bond acceptors (Lipinski definition) is 3. The molecule has 0 saturated heterocycles. The third-order valence-corrected chi connectivity index (χ3v) is 3.95. The van der Waals surface area contributed by atoms with Gasteiger partial charge in [0.15, 0.2) is 0 Å². The van der Waals surface area contributed by atoms with E-state index in [0.717, 1.165) is 24.9 Å². The van der Waals surface area contributed by atoms with E-state index in [9.17, 15) is 0 Å². The van der Waals surface area contributed by atoms with Gasteiger partial charge in [0.2, 0.25) is 0 Å². The van der Waals surface area contributed by atoms with Crippen LogP contribution < -0.4 is 5.32 Å². The van der Waals surface area contributed by atoms with Gasteiger partial charge in [0.25, 0.3) is 0 Å². The quantitative estimate of drug-likeness (QED) is 0.585. The van der Waals surface area contributed by atoms with Crippen LogP contribution in [-0.2, 0) is 17.9 Å². The Morgan fingerprint density at radius 2 is 1.95 bits per heavy atom. The van der Waals surface area contributed by atoms with Crippen LogP contribution in [0.3, 0.4) is 0 Å². The van der Waals surface area contributed by atoms with Gasteiger partial charge >= 0.3 is 0 Å². The molecule has 0 spiro atoms. The van der Waals surface area contributed by atoms with E-state index >= 15 is 0 Å². The lowest BCUT2D eigenvalue weighted by Gasteiger charge is -2.06. The number of nitrogens with zero attached hydrogens (tertiary/aromatic N) is 1. The van der Waals surface area contributed by atoms with E-state index in [1.165, 1.54) is 56.9 Å². The molecule has 1 N–H and O–H groups in total. The van der Waals surface area contributed by atoms with Crippen LogP contribution >= 0.6 is 0 Å². The Balaban J connectivity index is 1.49. The molecule has 1 fully saturated rings. The minimum Gasteiger partial charge on any atom is -0.375 e. The lowest BCUT2D eigenvalue weighted by molar-refractivity contribution is 0.114. The summed E-state index contributed by atoms with van der Waals surface area (Å²) in [6.07, 6.45) is 12.5. The summed E-state index contributed by atoms with van der Waals surface area (Å²) in [6, 6.07) is 5.00. The Kier molecular flexibility index (Phi) is 7.76. The number of rotatable bonds is 12. The van der Waals surface area contributed by atoms with E-state index in [2.05, 4.69) is 29.4 Å². The minimum atomic E-state index is 0.644. The fourth-order valence-electron chi connectivity index (χ4n) is 2.36. The van der Waals surface area contributed by atoms with Gasteiger partial charge in [-0.25, -0.2) is 0 Å². The maximum atomic E-state index is 5.70. The van der Waals surface area contributed by atoms with Crippen molar-refractivity contribution in [1.29, 1.82) is 0 Å². The van der Waals surface area contributed by atoms with E-state index in [0.29, 0.717) is 6.61 Å². The molecule has 1 aliphatic carbocycles. The molecule has 1 aliphatic rings. The predicted octanol–water partition coefficient (Wildman–Crippen LogP) is 4.21. The summed E-state index contributed by atoms with van der Waals surface area (Å²) in [6.45, 7) is 4.70. The molecule has 0 bridgehead atoms. The molecule has 3 nitrogen and oxygen atoms in total. The van der Waals surface area contributed by atoms with Crippen LogP contribution in [0.15, 0.2) is 18.3 Å². The minimum absolute atomic E-state index is 0.644. The second-order valence-corrected chi connectivity index (χ2v) is 6.13. The van der Waals surface area contributed by atoms with Gasteiger partial charge in [-0.1, -0.05) is 45.1 Å². The second kappa shape index (κ2) is 9.91. The zero-order valence-electron chi connectivity index (χ0n) is 13.4. The third-order valence-electron chi connectivity index (χ3n) is 3.95. The molecule has 1 heterocycles. The summed E-state index contributed by atoms with van der Waals surface area (Å²) in [5.41, 5.74) is 2.30. The monoisotopic (exact) mass is 290 g/mol. The van der Waals surface area contributed by atoms with Crippen LogP contribution in [0.1, 0.15) is 69.5 Å². The molecule has 0 unspecified atom stereocenters. The van der Waals surface area contributed by atoms with Crippen molar-refractivity contribution in [2.75, 3.05) is 6.61 Å². The molecular formula is C18H30N2O. The number of nitrogens with one attached hydrogen (secondary N) is 1. The fraction of sp³-hybridized carbons (Fsp3) is 0.722.